The van der Waals surface area contributed by atoms with Crippen molar-refractivity contribution in [1.82, 2.24) is 4.57 Å². The monoisotopic (exact) mass is 602 g/mol. The molecular weight excluding hydrogens is 575 g/mol. The molecule has 1 saturated heterocycles. The average Bonchev–Trinajstić information content (AvgIpc) is 3.75. The van der Waals surface area contributed by atoms with Gasteiger partial charge in [-0.3, -0.25) is 4.79 Å². The number of carboxylic acids is 1. The molecule has 1 unspecified atom stereocenters. The molecule has 39 heavy (non-hydrogen) atoms. The molecule has 10 nitrogen and oxygen atoms in total. The third-order valence-corrected chi connectivity index (χ3v) is 7.52. The number of nitrogens with zero attached hydrogens (tertiary/aromatic N) is 3. The maximum absolute atomic E-state index is 15.6. The molecule has 206 valence electrons. The number of aromatic carboxylic acids is 1. The summed E-state index contributed by atoms with van der Waals surface area (Å²) in [6.07, 6.45) is 3.41. The normalized spacial score (nSPS) is 18.4. The minimum Gasteiger partial charge on any atom is -0.496 e. The second kappa shape index (κ2) is 10.9. The van der Waals surface area contributed by atoms with Crippen molar-refractivity contribution in [2.45, 2.75) is 38.0 Å². The van der Waals surface area contributed by atoms with E-state index in [0.29, 0.717) is 29.9 Å². The molecule has 0 bridgehead atoms. The SMILES string of the molecule is COc1cc(Br)ccc1CO/N=C1/CCN(c2c(F)cc3c(=O)c(C(=O)O)cn(C4CC4)c3c2OC)CC1N. The molecule has 2 aromatic carbocycles. The van der Waals surface area contributed by atoms with Crippen LogP contribution < -0.4 is 25.5 Å². The van der Waals surface area contributed by atoms with E-state index in [0.717, 1.165) is 28.9 Å². The van der Waals surface area contributed by atoms with Gasteiger partial charge in [0.2, 0.25) is 5.43 Å². The van der Waals surface area contributed by atoms with Gasteiger partial charge in [-0.15, -0.1) is 0 Å². The van der Waals surface area contributed by atoms with E-state index in [1.165, 1.54) is 13.3 Å². The number of halogens is 2. The van der Waals surface area contributed by atoms with Crippen molar-refractivity contribution in [3.05, 3.63) is 62.1 Å². The van der Waals surface area contributed by atoms with Crippen LogP contribution in [0.5, 0.6) is 11.5 Å². The number of piperidine rings is 1. The lowest BCUT2D eigenvalue weighted by Crippen LogP contribution is -2.49. The summed E-state index contributed by atoms with van der Waals surface area (Å²) in [4.78, 5) is 32.0. The number of oxime groups is 1. The van der Waals surface area contributed by atoms with E-state index >= 15 is 4.39 Å². The number of pyridine rings is 1. The maximum Gasteiger partial charge on any atom is 0.341 e. The lowest BCUT2D eigenvalue weighted by atomic mass is 10.0. The van der Waals surface area contributed by atoms with E-state index < -0.39 is 28.8 Å². The first-order chi connectivity index (χ1) is 18.7. The van der Waals surface area contributed by atoms with Gasteiger partial charge in [0.1, 0.15) is 23.6 Å². The minimum atomic E-state index is -1.35. The predicted octanol–water partition coefficient (Wildman–Crippen LogP) is 4.06. The molecular formula is C27H28BrFN4O6. The molecule has 1 saturated carbocycles. The van der Waals surface area contributed by atoms with Crippen LogP contribution in [0.15, 0.2) is 44.9 Å². The number of nitrogens with two attached hydrogens (primary N) is 1. The zero-order valence-corrected chi connectivity index (χ0v) is 23.0. The Kier molecular flexibility index (Phi) is 7.50. The summed E-state index contributed by atoms with van der Waals surface area (Å²) < 4.78 is 29.3. The first kappa shape index (κ1) is 26.9. The summed E-state index contributed by atoms with van der Waals surface area (Å²) in [7, 11) is 2.99. The molecule has 12 heteroatoms. The first-order valence-corrected chi connectivity index (χ1v) is 13.2. The lowest BCUT2D eigenvalue weighted by Gasteiger charge is -2.34. The quantitative estimate of drug-likeness (QED) is 0.369. The Morgan fingerprint density at radius 2 is 2.03 bits per heavy atom. The Balaban J connectivity index is 1.43. The third kappa shape index (κ3) is 5.18. The second-order valence-electron chi connectivity index (χ2n) is 9.57. The van der Waals surface area contributed by atoms with Crippen LogP contribution in [0.1, 0.15) is 41.2 Å². The van der Waals surface area contributed by atoms with Gasteiger partial charge in [0.25, 0.3) is 0 Å². The highest BCUT2D eigenvalue weighted by Crippen LogP contribution is 2.44. The fraction of sp³-hybridized carbons (Fsp3) is 0.370. The molecule has 3 N–H and O–H groups in total. The number of carbonyl (C=O) groups is 1. The minimum absolute atomic E-state index is 0.0160. The summed E-state index contributed by atoms with van der Waals surface area (Å²) >= 11 is 3.41. The Morgan fingerprint density at radius 3 is 2.67 bits per heavy atom. The fourth-order valence-electron chi connectivity index (χ4n) is 4.93. The van der Waals surface area contributed by atoms with E-state index in [9.17, 15) is 14.7 Å². The van der Waals surface area contributed by atoms with Gasteiger partial charge in [-0.1, -0.05) is 27.2 Å². The van der Waals surface area contributed by atoms with Gasteiger partial charge >= 0.3 is 5.97 Å². The number of hydrogen-bond donors (Lipinski definition) is 2. The Morgan fingerprint density at radius 1 is 1.26 bits per heavy atom. The van der Waals surface area contributed by atoms with E-state index in [4.69, 9.17) is 20.0 Å². The van der Waals surface area contributed by atoms with Crippen molar-refractivity contribution in [1.29, 1.82) is 0 Å². The molecule has 2 aliphatic rings. The Labute approximate surface area is 231 Å². The predicted molar refractivity (Wildman–Crippen MR) is 148 cm³/mol. The molecule has 2 heterocycles. The van der Waals surface area contributed by atoms with Crippen molar-refractivity contribution in [3.8, 4) is 11.5 Å². The molecule has 1 aromatic heterocycles. The van der Waals surface area contributed by atoms with Crippen LogP contribution in [-0.2, 0) is 11.4 Å². The standard InChI is InChI=1S/C27H28BrFN4O6/c1-37-22-9-15(28)4-3-14(22)13-39-31-21-7-8-32(12-20(21)30)24-19(29)10-17-23(26(24)38-2)33(16-5-6-16)11-18(25(17)34)27(35)36/h3-4,9-11,16,20H,5-8,12-13,30H2,1-2H3,(H,35,36)/b31-21-. The summed E-state index contributed by atoms with van der Waals surface area (Å²) in [5, 5.41) is 13.8. The molecule has 0 radical (unpaired) electrons. The van der Waals surface area contributed by atoms with Gasteiger partial charge in [-0.05, 0) is 31.0 Å². The molecule has 1 aliphatic carbocycles. The van der Waals surface area contributed by atoms with E-state index in [1.54, 1.807) is 16.6 Å². The molecule has 1 atom stereocenters. The summed E-state index contributed by atoms with van der Waals surface area (Å²) in [5.41, 5.74) is 7.30. The van der Waals surface area contributed by atoms with E-state index in [-0.39, 0.29) is 36.0 Å². The van der Waals surface area contributed by atoms with Crippen molar-refractivity contribution in [2.24, 2.45) is 10.9 Å². The highest BCUT2D eigenvalue weighted by atomic mass is 79.9. The van der Waals surface area contributed by atoms with Crippen molar-refractivity contribution < 1.29 is 28.6 Å². The van der Waals surface area contributed by atoms with Gasteiger partial charge in [-0.2, -0.15) is 0 Å². The van der Waals surface area contributed by atoms with Crippen molar-refractivity contribution in [2.75, 3.05) is 32.2 Å². The number of rotatable bonds is 8. The largest absolute Gasteiger partial charge is 0.496 e. The van der Waals surface area contributed by atoms with Crippen LogP contribution in [0.4, 0.5) is 10.1 Å². The van der Waals surface area contributed by atoms with Crippen LogP contribution >= 0.6 is 15.9 Å². The third-order valence-electron chi connectivity index (χ3n) is 7.02. The van der Waals surface area contributed by atoms with E-state index in [2.05, 4.69) is 21.1 Å². The van der Waals surface area contributed by atoms with Gasteiger partial charge < -0.3 is 34.6 Å². The van der Waals surface area contributed by atoms with Gasteiger partial charge in [-0.25, -0.2) is 9.18 Å². The molecule has 1 aliphatic heterocycles. The van der Waals surface area contributed by atoms with Crippen LogP contribution in [0.3, 0.4) is 0 Å². The van der Waals surface area contributed by atoms with E-state index in [1.807, 2.05) is 18.2 Å². The molecule has 2 fully saturated rings. The number of aromatic nitrogens is 1. The Hall–Kier alpha value is -3.64. The van der Waals surface area contributed by atoms with Crippen LogP contribution in [0.2, 0.25) is 0 Å². The number of benzene rings is 2. The molecule has 0 spiro atoms. The zero-order chi connectivity index (χ0) is 27.8. The lowest BCUT2D eigenvalue weighted by molar-refractivity contribution is 0.0694. The number of methoxy groups -OCH3 is 2. The maximum atomic E-state index is 15.6. The topological polar surface area (TPSA) is 129 Å². The van der Waals surface area contributed by atoms with Gasteiger partial charge in [0.15, 0.2) is 11.6 Å². The highest BCUT2D eigenvalue weighted by molar-refractivity contribution is 9.10. The van der Waals surface area contributed by atoms with Crippen LogP contribution in [0, 0.1) is 5.82 Å². The van der Waals surface area contributed by atoms with Crippen LogP contribution in [0.25, 0.3) is 10.9 Å². The highest BCUT2D eigenvalue weighted by Gasteiger charge is 2.33. The summed E-state index contributed by atoms with van der Waals surface area (Å²) in [5.74, 6) is -1.19. The first-order valence-electron chi connectivity index (χ1n) is 12.4. The van der Waals surface area contributed by atoms with Gasteiger partial charge in [0, 0.05) is 41.8 Å². The van der Waals surface area contributed by atoms with Crippen LogP contribution in [-0.4, -0.2) is 54.7 Å². The smallest absolute Gasteiger partial charge is 0.341 e. The number of hydrogen-bond acceptors (Lipinski definition) is 8. The number of ether oxygens (including phenoxy) is 2. The second-order valence-corrected chi connectivity index (χ2v) is 10.5. The fourth-order valence-corrected chi connectivity index (χ4v) is 5.27. The summed E-state index contributed by atoms with van der Waals surface area (Å²) in [6, 6.07) is 6.18. The summed E-state index contributed by atoms with van der Waals surface area (Å²) in [6.45, 7) is 0.821. The average molecular weight is 603 g/mol. The van der Waals surface area contributed by atoms with Crippen molar-refractivity contribution >= 4 is 44.2 Å². The molecule has 3 aromatic rings. The van der Waals surface area contributed by atoms with Crippen molar-refractivity contribution in [3.63, 3.8) is 0 Å². The number of fused-ring (bicyclic) bond motifs is 1. The Bertz CT molecular complexity index is 1540. The molecule has 5 rings (SSSR count). The number of anilines is 1. The zero-order valence-electron chi connectivity index (χ0n) is 21.4. The molecule has 0 amide bonds. The van der Waals surface area contributed by atoms with Gasteiger partial charge in [0.05, 0.1) is 36.9 Å². The number of carboxylic acid groups (broad SMARTS) is 1.